The van der Waals surface area contributed by atoms with Crippen LogP contribution < -0.4 is 5.32 Å². The highest BCUT2D eigenvalue weighted by molar-refractivity contribution is 6.39. The maximum atomic E-state index is 13.8. The summed E-state index contributed by atoms with van der Waals surface area (Å²) in [7, 11) is 0. The molecule has 0 heterocycles. The molecule has 3 nitrogen and oxygen atoms in total. The summed E-state index contributed by atoms with van der Waals surface area (Å²) < 4.78 is 26.8. The average Bonchev–Trinajstić information content (AvgIpc) is 2.34. The first kappa shape index (κ1) is 14.6. The molecule has 2 rings (SSSR count). The SMILES string of the molecule is O=C(O)c1cccc(F)c1Nc1c(Cl)cc(F)cc1Cl. The van der Waals surface area contributed by atoms with Gasteiger partial charge in [0, 0.05) is 0 Å². The fourth-order valence-electron chi connectivity index (χ4n) is 1.62. The first-order chi connectivity index (χ1) is 9.40. The molecular formula is C13H7Cl2F2NO2. The van der Waals surface area contributed by atoms with Crippen molar-refractivity contribution in [2.24, 2.45) is 0 Å². The fraction of sp³-hybridized carbons (Fsp3) is 0. The molecule has 0 atom stereocenters. The van der Waals surface area contributed by atoms with Crippen molar-refractivity contribution in [2.75, 3.05) is 5.32 Å². The van der Waals surface area contributed by atoms with Gasteiger partial charge in [0.1, 0.15) is 11.6 Å². The van der Waals surface area contributed by atoms with Crippen LogP contribution in [0.2, 0.25) is 10.0 Å². The Kier molecular flexibility index (Phi) is 4.11. The van der Waals surface area contributed by atoms with Crippen LogP contribution in [0.3, 0.4) is 0 Å². The van der Waals surface area contributed by atoms with E-state index in [-0.39, 0.29) is 27.0 Å². The molecule has 0 aliphatic heterocycles. The van der Waals surface area contributed by atoms with Crippen molar-refractivity contribution in [1.82, 2.24) is 0 Å². The van der Waals surface area contributed by atoms with Gasteiger partial charge in [-0.1, -0.05) is 29.3 Å². The van der Waals surface area contributed by atoms with Crippen molar-refractivity contribution in [3.8, 4) is 0 Å². The number of benzene rings is 2. The lowest BCUT2D eigenvalue weighted by Gasteiger charge is -2.13. The van der Waals surface area contributed by atoms with Gasteiger partial charge in [-0.15, -0.1) is 0 Å². The highest BCUT2D eigenvalue weighted by Gasteiger charge is 2.17. The second kappa shape index (κ2) is 5.64. The molecule has 0 fully saturated rings. The summed E-state index contributed by atoms with van der Waals surface area (Å²) in [4.78, 5) is 11.1. The Bertz CT molecular complexity index is 669. The zero-order valence-electron chi connectivity index (χ0n) is 9.75. The Labute approximate surface area is 122 Å². The minimum atomic E-state index is -1.32. The fourth-order valence-corrected chi connectivity index (χ4v) is 2.17. The number of aromatic carboxylic acids is 1. The molecule has 0 bridgehead atoms. The van der Waals surface area contributed by atoms with Crippen LogP contribution in [-0.2, 0) is 0 Å². The summed E-state index contributed by atoms with van der Waals surface area (Å²) in [5.74, 6) is -2.76. The smallest absolute Gasteiger partial charge is 0.337 e. The predicted octanol–water partition coefficient (Wildman–Crippen LogP) is 4.71. The lowest BCUT2D eigenvalue weighted by molar-refractivity contribution is 0.0697. The van der Waals surface area contributed by atoms with Gasteiger partial charge in [-0.2, -0.15) is 0 Å². The van der Waals surface area contributed by atoms with Crippen molar-refractivity contribution < 1.29 is 18.7 Å². The first-order valence-corrected chi connectivity index (χ1v) is 6.09. The molecule has 0 saturated heterocycles. The Hall–Kier alpha value is -1.85. The zero-order chi connectivity index (χ0) is 14.9. The van der Waals surface area contributed by atoms with Crippen molar-refractivity contribution in [3.63, 3.8) is 0 Å². The number of para-hydroxylation sites is 1. The molecule has 0 aromatic heterocycles. The summed E-state index contributed by atoms with van der Waals surface area (Å²) in [5.41, 5.74) is -0.556. The van der Waals surface area contributed by atoms with E-state index in [9.17, 15) is 13.6 Å². The normalized spacial score (nSPS) is 10.4. The third-order valence-electron chi connectivity index (χ3n) is 2.50. The lowest BCUT2D eigenvalue weighted by Crippen LogP contribution is -2.05. The van der Waals surface area contributed by atoms with Gasteiger partial charge in [0.05, 0.1) is 27.0 Å². The molecule has 2 N–H and O–H groups in total. The number of anilines is 2. The molecule has 20 heavy (non-hydrogen) atoms. The van der Waals surface area contributed by atoms with E-state index in [0.717, 1.165) is 18.2 Å². The average molecular weight is 318 g/mol. The molecule has 0 aliphatic carbocycles. The van der Waals surface area contributed by atoms with Gasteiger partial charge in [-0.05, 0) is 24.3 Å². The maximum Gasteiger partial charge on any atom is 0.337 e. The molecule has 2 aromatic rings. The maximum absolute atomic E-state index is 13.8. The molecule has 7 heteroatoms. The monoisotopic (exact) mass is 317 g/mol. The summed E-state index contributed by atoms with van der Waals surface area (Å²) in [5, 5.41) is 11.3. The van der Waals surface area contributed by atoms with Gasteiger partial charge in [-0.3, -0.25) is 0 Å². The Balaban J connectivity index is 2.53. The molecule has 0 spiro atoms. The van der Waals surface area contributed by atoms with E-state index in [1.165, 1.54) is 12.1 Å². The van der Waals surface area contributed by atoms with Gasteiger partial charge in [0.25, 0.3) is 0 Å². The van der Waals surface area contributed by atoms with Crippen molar-refractivity contribution in [2.45, 2.75) is 0 Å². The van der Waals surface area contributed by atoms with Crippen LogP contribution in [0.4, 0.5) is 20.2 Å². The lowest BCUT2D eigenvalue weighted by atomic mass is 10.1. The second-order valence-electron chi connectivity index (χ2n) is 3.84. The topological polar surface area (TPSA) is 49.3 Å². The van der Waals surface area contributed by atoms with Gasteiger partial charge < -0.3 is 10.4 Å². The van der Waals surface area contributed by atoms with Gasteiger partial charge >= 0.3 is 5.97 Å². The molecule has 0 amide bonds. The van der Waals surface area contributed by atoms with E-state index in [4.69, 9.17) is 28.3 Å². The Morgan fingerprint density at radius 3 is 2.25 bits per heavy atom. The number of carboxylic acid groups (broad SMARTS) is 1. The number of carbonyl (C=O) groups is 1. The van der Waals surface area contributed by atoms with E-state index in [0.29, 0.717) is 0 Å². The Morgan fingerprint density at radius 2 is 1.70 bits per heavy atom. The second-order valence-corrected chi connectivity index (χ2v) is 4.65. The number of rotatable bonds is 3. The summed E-state index contributed by atoms with van der Waals surface area (Å²) in [6.07, 6.45) is 0. The van der Waals surface area contributed by atoms with Crippen molar-refractivity contribution in [1.29, 1.82) is 0 Å². The molecule has 0 saturated carbocycles. The van der Waals surface area contributed by atoms with Gasteiger partial charge in [0.2, 0.25) is 0 Å². The van der Waals surface area contributed by atoms with Crippen LogP contribution in [0.25, 0.3) is 0 Å². The summed E-state index contributed by atoms with van der Waals surface area (Å²) in [6.45, 7) is 0. The van der Waals surface area contributed by atoms with Crippen LogP contribution >= 0.6 is 23.2 Å². The molecular weight excluding hydrogens is 311 g/mol. The van der Waals surface area contributed by atoms with Gasteiger partial charge in [0.15, 0.2) is 0 Å². The number of hydrogen-bond acceptors (Lipinski definition) is 2. The zero-order valence-corrected chi connectivity index (χ0v) is 11.3. The van der Waals surface area contributed by atoms with E-state index >= 15 is 0 Å². The standard InChI is InChI=1S/C13H7Cl2F2NO2/c14-8-4-6(16)5-9(15)12(8)18-11-7(13(19)20)2-1-3-10(11)17/h1-5,18H,(H,19,20). The number of hydrogen-bond donors (Lipinski definition) is 2. The summed E-state index contributed by atoms with van der Waals surface area (Å²) in [6, 6.07) is 5.53. The van der Waals surface area contributed by atoms with E-state index < -0.39 is 17.6 Å². The minimum absolute atomic E-state index is 0.0299. The summed E-state index contributed by atoms with van der Waals surface area (Å²) >= 11 is 11.6. The third kappa shape index (κ3) is 2.84. The van der Waals surface area contributed by atoms with E-state index in [1.807, 2.05) is 0 Å². The van der Waals surface area contributed by atoms with E-state index in [2.05, 4.69) is 5.32 Å². The predicted molar refractivity (Wildman–Crippen MR) is 73.1 cm³/mol. The van der Waals surface area contributed by atoms with Crippen LogP contribution in [0, 0.1) is 11.6 Å². The van der Waals surface area contributed by atoms with Gasteiger partial charge in [-0.25, -0.2) is 13.6 Å². The molecule has 2 aromatic carbocycles. The van der Waals surface area contributed by atoms with Crippen LogP contribution in [-0.4, -0.2) is 11.1 Å². The quantitative estimate of drug-likeness (QED) is 0.861. The van der Waals surface area contributed by atoms with Crippen molar-refractivity contribution in [3.05, 3.63) is 57.6 Å². The highest BCUT2D eigenvalue weighted by Crippen LogP contribution is 2.35. The molecule has 0 radical (unpaired) electrons. The largest absolute Gasteiger partial charge is 0.478 e. The molecule has 0 unspecified atom stereocenters. The molecule has 104 valence electrons. The highest BCUT2D eigenvalue weighted by atomic mass is 35.5. The number of halogens is 4. The van der Waals surface area contributed by atoms with Crippen LogP contribution in [0.15, 0.2) is 30.3 Å². The first-order valence-electron chi connectivity index (χ1n) is 5.33. The number of carboxylic acids is 1. The minimum Gasteiger partial charge on any atom is -0.478 e. The van der Waals surface area contributed by atoms with Crippen molar-refractivity contribution >= 4 is 40.5 Å². The van der Waals surface area contributed by atoms with Crippen LogP contribution in [0.1, 0.15) is 10.4 Å². The Morgan fingerprint density at radius 1 is 1.10 bits per heavy atom. The number of nitrogens with one attached hydrogen (secondary N) is 1. The third-order valence-corrected chi connectivity index (χ3v) is 3.10. The molecule has 0 aliphatic rings. The van der Waals surface area contributed by atoms with E-state index in [1.54, 1.807) is 0 Å². The van der Waals surface area contributed by atoms with Crippen LogP contribution in [0.5, 0.6) is 0 Å².